The summed E-state index contributed by atoms with van der Waals surface area (Å²) in [7, 11) is 3.16. The highest BCUT2D eigenvalue weighted by molar-refractivity contribution is 6.03. The van der Waals surface area contributed by atoms with E-state index in [1.54, 1.807) is 50.8 Å². The maximum absolute atomic E-state index is 13.3. The lowest BCUT2D eigenvalue weighted by Crippen LogP contribution is -2.36. The second-order valence-corrected chi connectivity index (χ2v) is 10.9. The molecule has 2 aliphatic rings. The van der Waals surface area contributed by atoms with E-state index in [0.717, 1.165) is 31.3 Å². The molecular weight excluding hydrogens is 574 g/mol. The van der Waals surface area contributed by atoms with Gasteiger partial charge in [-0.05, 0) is 50.0 Å². The Labute approximate surface area is 262 Å². The zero-order valence-electron chi connectivity index (χ0n) is 25.7. The number of amides is 2. The molecule has 1 aliphatic carbocycles. The number of likely N-dealkylation sites (tertiary alicyclic amines) is 1. The van der Waals surface area contributed by atoms with Gasteiger partial charge in [-0.3, -0.25) is 9.36 Å². The van der Waals surface area contributed by atoms with E-state index in [-0.39, 0.29) is 25.2 Å². The molecule has 0 atom stereocenters. The van der Waals surface area contributed by atoms with Crippen LogP contribution in [0.1, 0.15) is 25.7 Å². The predicted molar refractivity (Wildman–Crippen MR) is 172 cm³/mol. The highest BCUT2D eigenvalue weighted by atomic mass is 16.5. The number of benzene rings is 1. The van der Waals surface area contributed by atoms with E-state index in [9.17, 15) is 14.7 Å². The van der Waals surface area contributed by atoms with Crippen LogP contribution < -0.4 is 20.1 Å². The lowest BCUT2D eigenvalue weighted by atomic mass is 9.86. The topological polar surface area (TPSA) is 127 Å². The van der Waals surface area contributed by atoms with Crippen molar-refractivity contribution in [3.63, 3.8) is 0 Å². The second-order valence-electron chi connectivity index (χ2n) is 10.9. The fraction of sp³-hybridized carbons (Fsp3) is 0.382. The SMILES string of the molecule is CNC(=O)n1ccc2cc(Oc3ccnc(NC(=O)/C4=C/C=C(/C5CCN(CCO)CC5)CC#CC4)c3)c(OCCOC)cc21. The summed E-state index contributed by atoms with van der Waals surface area (Å²) in [5, 5.41) is 15.5. The fourth-order valence-corrected chi connectivity index (χ4v) is 5.49. The molecule has 5 rings (SSSR count). The molecule has 1 fully saturated rings. The number of rotatable bonds is 11. The second kappa shape index (κ2) is 15.4. The number of aliphatic hydroxyl groups is 1. The summed E-state index contributed by atoms with van der Waals surface area (Å²) in [5.41, 5.74) is 2.47. The van der Waals surface area contributed by atoms with Gasteiger partial charge in [0.25, 0.3) is 5.91 Å². The molecule has 11 nitrogen and oxygen atoms in total. The van der Waals surface area contributed by atoms with Crippen LogP contribution in [0.3, 0.4) is 0 Å². The van der Waals surface area contributed by atoms with Crippen LogP contribution in [0.5, 0.6) is 17.2 Å². The number of aromatic nitrogens is 2. The Morgan fingerprint density at radius 2 is 1.89 bits per heavy atom. The van der Waals surface area contributed by atoms with Crippen molar-refractivity contribution in [3.05, 3.63) is 66.0 Å². The molecule has 0 saturated carbocycles. The van der Waals surface area contributed by atoms with Crippen molar-refractivity contribution in [2.75, 3.05) is 58.9 Å². The van der Waals surface area contributed by atoms with Crippen molar-refractivity contribution >= 4 is 28.7 Å². The van der Waals surface area contributed by atoms with E-state index in [0.29, 0.717) is 66.1 Å². The largest absolute Gasteiger partial charge is 0.487 e. The third kappa shape index (κ3) is 8.10. The number of methoxy groups -OCH3 is 1. The van der Waals surface area contributed by atoms with Gasteiger partial charge in [0.1, 0.15) is 18.2 Å². The molecule has 45 heavy (non-hydrogen) atoms. The molecule has 3 heterocycles. The smallest absolute Gasteiger partial charge is 0.325 e. The maximum atomic E-state index is 13.3. The first-order chi connectivity index (χ1) is 22.0. The Kier molecular flexibility index (Phi) is 10.9. The average molecular weight is 614 g/mol. The summed E-state index contributed by atoms with van der Waals surface area (Å²) in [6.45, 7) is 3.46. The molecule has 3 aromatic rings. The van der Waals surface area contributed by atoms with Gasteiger partial charge in [0, 0.05) is 69.0 Å². The van der Waals surface area contributed by atoms with Crippen molar-refractivity contribution < 1.29 is 28.9 Å². The van der Waals surface area contributed by atoms with Crippen LogP contribution in [-0.2, 0) is 9.53 Å². The third-order valence-corrected chi connectivity index (χ3v) is 7.95. The summed E-state index contributed by atoms with van der Waals surface area (Å²) >= 11 is 0. The Morgan fingerprint density at radius 3 is 2.67 bits per heavy atom. The molecule has 3 N–H and O–H groups in total. The number of piperidine rings is 1. The Balaban J connectivity index is 1.30. The van der Waals surface area contributed by atoms with Gasteiger partial charge in [-0.1, -0.05) is 29.6 Å². The summed E-state index contributed by atoms with van der Waals surface area (Å²) < 4.78 is 18.8. The number of pyridine rings is 1. The quantitative estimate of drug-likeness (QED) is 0.216. The number of hydrogen-bond donors (Lipinski definition) is 3. The van der Waals surface area contributed by atoms with Crippen molar-refractivity contribution in [1.29, 1.82) is 0 Å². The summed E-state index contributed by atoms with van der Waals surface area (Å²) in [6, 6.07) is 8.44. The molecular formula is C34H39N5O6. The highest BCUT2D eigenvalue weighted by Gasteiger charge is 2.22. The summed E-state index contributed by atoms with van der Waals surface area (Å²) in [5.74, 6) is 8.18. The lowest BCUT2D eigenvalue weighted by Gasteiger charge is -2.32. The van der Waals surface area contributed by atoms with E-state index < -0.39 is 0 Å². The van der Waals surface area contributed by atoms with Gasteiger partial charge < -0.3 is 34.9 Å². The standard InChI is InChI=1S/C34H39N5O6/c1-35-34(42)39-16-12-27-21-31(30(23-29(27)39)44-20-19-43-2)45-28-9-13-36-32(22-28)37-33(41)26-6-4-3-5-24(7-8-26)25-10-14-38(15-11-25)17-18-40/h7-9,12-13,16,21-23,25,40H,5-6,10-11,14-15,17-20H2,1-2H3,(H,35,42)(H,36,37,41)/b24-7+,26-8+. The van der Waals surface area contributed by atoms with Crippen LogP contribution in [0.4, 0.5) is 10.6 Å². The minimum atomic E-state index is -0.273. The number of hydrogen-bond acceptors (Lipinski definition) is 8. The number of β-amino-alcohol motifs (C(OH)–C–C–N with tert-alkyl or cyclic N) is 1. The number of aliphatic hydroxyl groups excluding tert-OH is 1. The monoisotopic (exact) mass is 613 g/mol. The van der Waals surface area contributed by atoms with Crippen LogP contribution in [0.25, 0.3) is 10.9 Å². The molecule has 1 aromatic carbocycles. The van der Waals surface area contributed by atoms with Crippen LogP contribution in [0.2, 0.25) is 0 Å². The molecule has 236 valence electrons. The van der Waals surface area contributed by atoms with Gasteiger partial charge >= 0.3 is 6.03 Å². The number of allylic oxidation sites excluding steroid dienone is 3. The van der Waals surface area contributed by atoms with Crippen LogP contribution in [-0.4, -0.2) is 85.1 Å². The Morgan fingerprint density at radius 1 is 1.07 bits per heavy atom. The number of carbonyl (C=O) groups is 2. The van der Waals surface area contributed by atoms with Gasteiger partial charge in [0.2, 0.25) is 0 Å². The number of nitrogens with one attached hydrogen (secondary N) is 2. The van der Waals surface area contributed by atoms with E-state index >= 15 is 0 Å². The van der Waals surface area contributed by atoms with Crippen LogP contribution in [0, 0.1) is 17.8 Å². The minimum Gasteiger partial charge on any atom is -0.487 e. The van der Waals surface area contributed by atoms with E-state index in [4.69, 9.17) is 14.2 Å². The van der Waals surface area contributed by atoms with Crippen LogP contribution >= 0.6 is 0 Å². The van der Waals surface area contributed by atoms with E-state index in [1.165, 1.54) is 10.1 Å². The first-order valence-electron chi connectivity index (χ1n) is 15.1. The molecule has 0 unspecified atom stereocenters. The van der Waals surface area contributed by atoms with E-state index in [1.807, 2.05) is 12.1 Å². The van der Waals surface area contributed by atoms with Crippen molar-refractivity contribution in [2.24, 2.45) is 5.92 Å². The van der Waals surface area contributed by atoms with Gasteiger partial charge in [0.05, 0.1) is 18.7 Å². The molecule has 11 heteroatoms. The number of carbonyl (C=O) groups excluding carboxylic acids is 2. The highest BCUT2D eigenvalue weighted by Crippen LogP contribution is 2.37. The number of ether oxygens (including phenoxy) is 3. The molecule has 1 aliphatic heterocycles. The number of nitrogens with zero attached hydrogens (tertiary/aromatic N) is 3. The molecule has 2 aromatic heterocycles. The first-order valence-corrected chi connectivity index (χ1v) is 15.1. The zero-order chi connectivity index (χ0) is 31.6. The molecule has 1 saturated heterocycles. The average Bonchev–Trinajstić information content (AvgIpc) is 3.44. The number of anilines is 1. The van der Waals surface area contributed by atoms with E-state index in [2.05, 4.69) is 38.4 Å². The normalized spacial score (nSPS) is 17.9. The van der Waals surface area contributed by atoms with Crippen molar-refractivity contribution in [2.45, 2.75) is 25.7 Å². The molecule has 0 bridgehead atoms. The van der Waals surface area contributed by atoms with Gasteiger partial charge in [-0.15, -0.1) is 0 Å². The van der Waals surface area contributed by atoms with Gasteiger partial charge in [-0.25, -0.2) is 9.78 Å². The Bertz CT molecular complexity index is 1640. The van der Waals surface area contributed by atoms with Gasteiger partial charge in [0.15, 0.2) is 11.5 Å². The summed E-state index contributed by atoms with van der Waals surface area (Å²) in [4.78, 5) is 32.2. The third-order valence-electron chi connectivity index (χ3n) is 7.95. The van der Waals surface area contributed by atoms with Crippen molar-refractivity contribution in [1.82, 2.24) is 19.8 Å². The first kappa shape index (κ1) is 31.8. The van der Waals surface area contributed by atoms with Gasteiger partial charge in [-0.2, -0.15) is 0 Å². The Hall–Kier alpha value is -4.63. The summed E-state index contributed by atoms with van der Waals surface area (Å²) in [6.07, 6.45) is 10.3. The predicted octanol–water partition coefficient (Wildman–Crippen LogP) is 4.33. The number of fused-ring (bicyclic) bond motifs is 1. The minimum absolute atomic E-state index is 0.180. The molecule has 0 radical (unpaired) electrons. The molecule has 0 spiro atoms. The zero-order valence-corrected chi connectivity index (χ0v) is 25.7. The fourth-order valence-electron chi connectivity index (χ4n) is 5.49. The molecule has 2 amide bonds. The van der Waals surface area contributed by atoms with Crippen LogP contribution in [0.15, 0.2) is 66.0 Å². The van der Waals surface area contributed by atoms with Crippen molar-refractivity contribution in [3.8, 4) is 29.1 Å². The maximum Gasteiger partial charge on any atom is 0.325 e. The lowest BCUT2D eigenvalue weighted by molar-refractivity contribution is -0.112.